The van der Waals surface area contributed by atoms with Gasteiger partial charge in [0.15, 0.2) is 0 Å². The van der Waals surface area contributed by atoms with Crippen LogP contribution in [0.5, 0.6) is 5.75 Å². The van der Waals surface area contributed by atoms with Crippen LogP contribution in [-0.2, 0) is 6.42 Å². The fourth-order valence-corrected chi connectivity index (χ4v) is 5.19. The van der Waals surface area contributed by atoms with Gasteiger partial charge in [-0.3, -0.25) is 4.90 Å². The highest BCUT2D eigenvalue weighted by Gasteiger charge is 2.38. The summed E-state index contributed by atoms with van der Waals surface area (Å²) in [5, 5.41) is 4.26. The van der Waals surface area contributed by atoms with Crippen molar-refractivity contribution < 1.29 is 9.13 Å². The quantitative estimate of drug-likeness (QED) is 0.767. The standard InChI is InChI=1S/C23H27ClFN3O/c1-15-6-7-16-12-17(25)13-20-23(16)28(15)22(26-20)14-27-10-8-18(9-11-27)29-21-5-3-2-4-19(21)24/h2-5,12-13,15,18,22,26H,6-11,14H2,1H3. The Bertz CT molecular complexity index is 900. The molecule has 3 aliphatic heterocycles. The monoisotopic (exact) mass is 415 g/mol. The first-order chi connectivity index (χ1) is 14.1. The lowest BCUT2D eigenvalue weighted by Gasteiger charge is -2.40. The SMILES string of the molecule is CC1CCc2cc(F)cc3c2N1C(CN1CCC(Oc2ccccc2Cl)CC1)N3. The zero-order chi connectivity index (χ0) is 20.0. The smallest absolute Gasteiger partial charge is 0.138 e. The van der Waals surface area contributed by atoms with Crippen LogP contribution in [0.25, 0.3) is 0 Å². The van der Waals surface area contributed by atoms with Crippen molar-refractivity contribution in [2.24, 2.45) is 0 Å². The molecule has 154 valence electrons. The third-order valence-electron chi connectivity index (χ3n) is 6.47. The molecular formula is C23H27ClFN3O. The maximum Gasteiger partial charge on any atom is 0.138 e. The summed E-state index contributed by atoms with van der Waals surface area (Å²) in [6.45, 7) is 5.19. The van der Waals surface area contributed by atoms with Crippen LogP contribution in [0.1, 0.15) is 31.7 Å². The van der Waals surface area contributed by atoms with Crippen molar-refractivity contribution in [1.82, 2.24) is 4.90 Å². The van der Waals surface area contributed by atoms with E-state index in [1.165, 1.54) is 5.69 Å². The van der Waals surface area contributed by atoms with E-state index in [2.05, 4.69) is 22.0 Å². The van der Waals surface area contributed by atoms with Crippen LogP contribution >= 0.6 is 11.6 Å². The number of para-hydroxylation sites is 1. The second-order valence-electron chi connectivity index (χ2n) is 8.46. The lowest BCUT2D eigenvalue weighted by molar-refractivity contribution is 0.0979. The Hall–Kier alpha value is -1.98. The summed E-state index contributed by atoms with van der Waals surface area (Å²) >= 11 is 6.23. The highest BCUT2D eigenvalue weighted by Crippen LogP contribution is 2.44. The van der Waals surface area contributed by atoms with E-state index in [-0.39, 0.29) is 18.1 Å². The second-order valence-corrected chi connectivity index (χ2v) is 8.87. The van der Waals surface area contributed by atoms with E-state index in [1.54, 1.807) is 12.1 Å². The Morgan fingerprint density at radius 2 is 1.97 bits per heavy atom. The molecule has 6 heteroatoms. The van der Waals surface area contributed by atoms with Crippen molar-refractivity contribution in [2.75, 3.05) is 29.9 Å². The lowest BCUT2D eigenvalue weighted by atomic mass is 9.96. The normalized spacial score (nSPS) is 24.3. The van der Waals surface area contributed by atoms with Gasteiger partial charge in [-0.15, -0.1) is 0 Å². The minimum Gasteiger partial charge on any atom is -0.489 e. The number of hydrogen-bond acceptors (Lipinski definition) is 4. The fraction of sp³-hybridized carbons (Fsp3) is 0.478. The van der Waals surface area contributed by atoms with Crippen molar-refractivity contribution in [1.29, 1.82) is 0 Å². The molecule has 0 aliphatic carbocycles. The van der Waals surface area contributed by atoms with Crippen LogP contribution in [0.15, 0.2) is 36.4 Å². The molecule has 1 fully saturated rings. The lowest BCUT2D eigenvalue weighted by Crippen LogP contribution is -2.52. The Morgan fingerprint density at radius 1 is 1.17 bits per heavy atom. The van der Waals surface area contributed by atoms with E-state index >= 15 is 0 Å². The van der Waals surface area contributed by atoms with Gasteiger partial charge in [-0.2, -0.15) is 0 Å². The van der Waals surface area contributed by atoms with Gasteiger partial charge in [0.2, 0.25) is 0 Å². The van der Waals surface area contributed by atoms with Gasteiger partial charge < -0.3 is 15.0 Å². The number of benzene rings is 2. The number of nitrogens with one attached hydrogen (secondary N) is 1. The molecule has 2 aromatic rings. The molecule has 2 unspecified atom stereocenters. The summed E-state index contributed by atoms with van der Waals surface area (Å²) in [5.74, 6) is 0.635. The molecule has 0 amide bonds. The minimum atomic E-state index is -0.140. The van der Waals surface area contributed by atoms with E-state index in [9.17, 15) is 4.39 Å². The van der Waals surface area contributed by atoms with Crippen molar-refractivity contribution in [3.63, 3.8) is 0 Å². The Labute approximate surface area is 176 Å². The Kier molecular flexibility index (Phi) is 5.04. The molecule has 3 aliphatic rings. The molecule has 0 saturated carbocycles. The number of halogens is 2. The van der Waals surface area contributed by atoms with Gasteiger partial charge >= 0.3 is 0 Å². The first-order valence-electron chi connectivity index (χ1n) is 10.6. The van der Waals surface area contributed by atoms with E-state index in [0.29, 0.717) is 11.1 Å². The van der Waals surface area contributed by atoms with Crippen LogP contribution < -0.4 is 15.0 Å². The highest BCUT2D eigenvalue weighted by atomic mass is 35.5. The Morgan fingerprint density at radius 3 is 2.76 bits per heavy atom. The van der Waals surface area contributed by atoms with Crippen LogP contribution in [0.2, 0.25) is 5.02 Å². The first kappa shape index (κ1) is 19.0. The molecule has 2 atom stereocenters. The number of piperidine rings is 1. The van der Waals surface area contributed by atoms with Crippen LogP contribution in [0.4, 0.5) is 15.8 Å². The van der Waals surface area contributed by atoms with E-state index in [1.807, 2.05) is 24.3 Å². The van der Waals surface area contributed by atoms with Gasteiger partial charge in [0.05, 0.1) is 16.4 Å². The number of ether oxygens (including phenoxy) is 1. The zero-order valence-electron chi connectivity index (χ0n) is 16.7. The van der Waals surface area contributed by atoms with Gasteiger partial charge in [-0.1, -0.05) is 23.7 Å². The average Bonchev–Trinajstić information content (AvgIpc) is 3.07. The number of likely N-dealkylation sites (tertiary alicyclic amines) is 1. The van der Waals surface area contributed by atoms with Gasteiger partial charge in [-0.25, -0.2) is 4.39 Å². The summed E-state index contributed by atoms with van der Waals surface area (Å²) in [4.78, 5) is 4.97. The Balaban J connectivity index is 1.22. The van der Waals surface area contributed by atoms with Crippen LogP contribution in [-0.4, -0.2) is 42.8 Å². The van der Waals surface area contributed by atoms with Gasteiger partial charge in [-0.05, 0) is 62.4 Å². The summed E-state index contributed by atoms with van der Waals surface area (Å²) in [6, 6.07) is 11.5. The maximum atomic E-state index is 14.0. The molecule has 1 saturated heterocycles. The highest BCUT2D eigenvalue weighted by molar-refractivity contribution is 6.32. The third-order valence-corrected chi connectivity index (χ3v) is 6.78. The zero-order valence-corrected chi connectivity index (χ0v) is 17.5. The van der Waals surface area contributed by atoms with Crippen LogP contribution in [0, 0.1) is 5.82 Å². The van der Waals surface area contributed by atoms with Crippen LogP contribution in [0.3, 0.4) is 0 Å². The van der Waals surface area contributed by atoms with Gasteiger partial charge in [0.25, 0.3) is 0 Å². The minimum absolute atomic E-state index is 0.140. The number of anilines is 2. The molecule has 0 radical (unpaired) electrons. The number of nitrogens with zero attached hydrogens (tertiary/aromatic N) is 2. The van der Waals surface area contributed by atoms with Crippen molar-refractivity contribution in [3.8, 4) is 5.75 Å². The summed E-state index contributed by atoms with van der Waals surface area (Å²) in [7, 11) is 0. The van der Waals surface area contributed by atoms with Crippen molar-refractivity contribution in [2.45, 2.75) is 50.9 Å². The summed E-state index contributed by atoms with van der Waals surface area (Å²) < 4.78 is 20.1. The summed E-state index contributed by atoms with van der Waals surface area (Å²) in [6.07, 6.45) is 4.40. The molecule has 5 rings (SSSR count). The molecular weight excluding hydrogens is 389 g/mol. The van der Waals surface area contributed by atoms with E-state index in [4.69, 9.17) is 16.3 Å². The molecule has 0 bridgehead atoms. The van der Waals surface area contributed by atoms with Gasteiger partial charge in [0, 0.05) is 25.7 Å². The largest absolute Gasteiger partial charge is 0.489 e. The van der Waals surface area contributed by atoms with E-state index in [0.717, 1.165) is 62.3 Å². The fourth-order valence-electron chi connectivity index (χ4n) is 5.00. The predicted octanol–water partition coefficient (Wildman–Crippen LogP) is 4.92. The molecule has 0 spiro atoms. The number of hydrogen-bond donors (Lipinski definition) is 1. The third kappa shape index (κ3) is 3.66. The number of rotatable bonds is 4. The number of aryl methyl sites for hydroxylation is 1. The predicted molar refractivity (Wildman–Crippen MR) is 116 cm³/mol. The summed E-state index contributed by atoms with van der Waals surface area (Å²) in [5.41, 5.74) is 3.31. The van der Waals surface area contributed by atoms with Crippen molar-refractivity contribution >= 4 is 23.0 Å². The molecule has 29 heavy (non-hydrogen) atoms. The molecule has 3 heterocycles. The topological polar surface area (TPSA) is 27.7 Å². The van der Waals surface area contributed by atoms with Gasteiger partial charge in [0.1, 0.15) is 23.8 Å². The average molecular weight is 416 g/mol. The maximum absolute atomic E-state index is 14.0. The molecule has 0 aromatic heterocycles. The first-order valence-corrected chi connectivity index (χ1v) is 11.0. The molecule has 1 N–H and O–H groups in total. The van der Waals surface area contributed by atoms with E-state index < -0.39 is 0 Å². The van der Waals surface area contributed by atoms with Crippen molar-refractivity contribution in [3.05, 3.63) is 52.8 Å². The second kappa shape index (κ2) is 7.69. The molecule has 4 nitrogen and oxygen atoms in total. The molecule has 2 aromatic carbocycles.